The minimum atomic E-state index is -0.528. The van der Waals surface area contributed by atoms with Crippen LogP contribution >= 0.6 is 0 Å². The first kappa shape index (κ1) is 15.7. The van der Waals surface area contributed by atoms with Gasteiger partial charge < -0.3 is 10.0 Å². The van der Waals surface area contributed by atoms with Crippen molar-refractivity contribution >= 4 is 5.91 Å². The van der Waals surface area contributed by atoms with E-state index in [0.717, 1.165) is 17.7 Å². The van der Waals surface area contributed by atoms with Crippen LogP contribution in [0, 0.1) is 5.92 Å². The number of rotatable bonds is 3. The van der Waals surface area contributed by atoms with Crippen LogP contribution in [0.15, 0.2) is 4.79 Å². The molecule has 1 fully saturated rings. The number of amides is 1. The lowest BCUT2D eigenvalue weighted by molar-refractivity contribution is 0.0246. The van der Waals surface area contributed by atoms with Crippen LogP contribution in [-0.4, -0.2) is 45.3 Å². The summed E-state index contributed by atoms with van der Waals surface area (Å²) in [5.74, 6) is -0.113. The number of aliphatic hydroxyl groups is 1. The molecule has 1 aliphatic rings. The SMILES string of the molecule is CCc1n[nH]c(=O)c(C(=O)N2CCC(C)C(O)C2)c1CC. The molecule has 2 atom stereocenters. The highest BCUT2D eigenvalue weighted by molar-refractivity contribution is 5.95. The van der Waals surface area contributed by atoms with E-state index in [1.54, 1.807) is 4.90 Å². The Morgan fingerprint density at radius 3 is 2.71 bits per heavy atom. The van der Waals surface area contributed by atoms with Crippen LogP contribution < -0.4 is 5.56 Å². The summed E-state index contributed by atoms with van der Waals surface area (Å²) in [7, 11) is 0. The van der Waals surface area contributed by atoms with Crippen molar-refractivity contribution in [1.29, 1.82) is 0 Å². The Kier molecular flexibility index (Phi) is 4.77. The van der Waals surface area contributed by atoms with Crippen molar-refractivity contribution in [3.8, 4) is 0 Å². The minimum absolute atomic E-state index is 0.182. The van der Waals surface area contributed by atoms with Gasteiger partial charge in [0, 0.05) is 13.1 Å². The van der Waals surface area contributed by atoms with Crippen LogP contribution in [0.4, 0.5) is 0 Å². The number of aliphatic hydroxyl groups excluding tert-OH is 1. The number of H-pyrrole nitrogens is 1. The number of hydrogen-bond donors (Lipinski definition) is 2. The van der Waals surface area contributed by atoms with Crippen molar-refractivity contribution in [2.24, 2.45) is 5.92 Å². The Balaban J connectivity index is 2.37. The summed E-state index contributed by atoms with van der Waals surface area (Å²) in [6.45, 7) is 6.69. The Morgan fingerprint density at radius 2 is 2.14 bits per heavy atom. The summed E-state index contributed by atoms with van der Waals surface area (Å²) in [4.78, 5) is 26.3. The highest BCUT2D eigenvalue weighted by Gasteiger charge is 2.30. The minimum Gasteiger partial charge on any atom is -0.391 e. The molecule has 2 rings (SSSR count). The van der Waals surface area contributed by atoms with E-state index in [9.17, 15) is 14.7 Å². The second kappa shape index (κ2) is 6.39. The highest BCUT2D eigenvalue weighted by Crippen LogP contribution is 2.20. The lowest BCUT2D eigenvalue weighted by Gasteiger charge is -2.34. The lowest BCUT2D eigenvalue weighted by Crippen LogP contribution is -2.47. The molecule has 2 heterocycles. The second-order valence-corrected chi connectivity index (χ2v) is 5.64. The van der Waals surface area contributed by atoms with Gasteiger partial charge >= 0.3 is 0 Å². The summed E-state index contributed by atoms with van der Waals surface area (Å²) in [5.41, 5.74) is 1.22. The first-order chi connectivity index (χ1) is 9.99. The number of carbonyl (C=O) groups excluding carboxylic acids is 1. The van der Waals surface area contributed by atoms with Crippen molar-refractivity contribution in [3.63, 3.8) is 0 Å². The maximum Gasteiger partial charge on any atom is 0.277 e. The predicted molar refractivity (Wildman–Crippen MR) is 79.3 cm³/mol. The Morgan fingerprint density at radius 1 is 1.43 bits per heavy atom. The largest absolute Gasteiger partial charge is 0.391 e. The number of aromatic amines is 1. The summed E-state index contributed by atoms with van der Waals surface area (Å²) < 4.78 is 0. The lowest BCUT2D eigenvalue weighted by atomic mass is 9.95. The average Bonchev–Trinajstić information content (AvgIpc) is 2.48. The number of hydrogen-bond acceptors (Lipinski definition) is 4. The molecule has 1 amide bonds. The van der Waals surface area contributed by atoms with Gasteiger partial charge in [-0.05, 0) is 30.7 Å². The molecule has 21 heavy (non-hydrogen) atoms. The first-order valence-corrected chi connectivity index (χ1v) is 7.57. The van der Waals surface area contributed by atoms with Gasteiger partial charge in [0.15, 0.2) is 0 Å². The van der Waals surface area contributed by atoms with Gasteiger partial charge in [0.25, 0.3) is 11.5 Å². The fourth-order valence-electron chi connectivity index (χ4n) is 2.81. The second-order valence-electron chi connectivity index (χ2n) is 5.64. The third-order valence-electron chi connectivity index (χ3n) is 4.28. The number of nitrogens with one attached hydrogen (secondary N) is 1. The molecule has 0 saturated carbocycles. The standard InChI is InChI=1S/C15H23N3O3/c1-4-10-11(5-2)16-17-14(20)13(10)15(21)18-7-6-9(3)12(19)8-18/h9,12,19H,4-8H2,1-3H3,(H,17,20). The quantitative estimate of drug-likeness (QED) is 0.860. The first-order valence-electron chi connectivity index (χ1n) is 7.57. The summed E-state index contributed by atoms with van der Waals surface area (Å²) in [6.07, 6.45) is 1.48. The van der Waals surface area contributed by atoms with Gasteiger partial charge in [-0.1, -0.05) is 20.8 Å². The molecule has 0 aliphatic carbocycles. The molecule has 0 bridgehead atoms. The highest BCUT2D eigenvalue weighted by atomic mass is 16.3. The van der Waals surface area contributed by atoms with Crippen LogP contribution in [0.25, 0.3) is 0 Å². The Labute approximate surface area is 124 Å². The van der Waals surface area contributed by atoms with Gasteiger partial charge in [-0.15, -0.1) is 0 Å². The van der Waals surface area contributed by atoms with Gasteiger partial charge in [0.1, 0.15) is 5.56 Å². The van der Waals surface area contributed by atoms with Crippen LogP contribution in [0.2, 0.25) is 0 Å². The van der Waals surface area contributed by atoms with E-state index in [4.69, 9.17) is 0 Å². The van der Waals surface area contributed by atoms with Crippen molar-refractivity contribution in [2.75, 3.05) is 13.1 Å². The van der Waals surface area contributed by atoms with Crippen LogP contribution in [0.1, 0.15) is 48.8 Å². The van der Waals surface area contributed by atoms with Crippen molar-refractivity contribution < 1.29 is 9.90 Å². The summed E-state index contributed by atoms with van der Waals surface area (Å²) in [5, 5.41) is 16.4. The molecule has 2 N–H and O–H groups in total. The van der Waals surface area contributed by atoms with Gasteiger partial charge in [-0.25, -0.2) is 5.10 Å². The van der Waals surface area contributed by atoms with Gasteiger partial charge in [-0.2, -0.15) is 5.10 Å². The van der Waals surface area contributed by atoms with E-state index in [2.05, 4.69) is 10.2 Å². The number of nitrogens with zero attached hydrogens (tertiary/aromatic N) is 2. The molecule has 0 aromatic carbocycles. The van der Waals surface area contributed by atoms with E-state index in [-0.39, 0.29) is 23.9 Å². The van der Waals surface area contributed by atoms with E-state index < -0.39 is 11.7 Å². The average molecular weight is 293 g/mol. The van der Waals surface area contributed by atoms with Crippen LogP contribution in [0.3, 0.4) is 0 Å². The fourth-order valence-corrected chi connectivity index (χ4v) is 2.81. The molecule has 1 aromatic rings. The zero-order valence-electron chi connectivity index (χ0n) is 12.8. The van der Waals surface area contributed by atoms with E-state index >= 15 is 0 Å². The third-order valence-corrected chi connectivity index (χ3v) is 4.28. The number of piperidine rings is 1. The normalized spacial score (nSPS) is 22.4. The van der Waals surface area contributed by atoms with E-state index in [1.165, 1.54) is 0 Å². The van der Waals surface area contributed by atoms with Crippen molar-refractivity contribution in [3.05, 3.63) is 27.2 Å². The third kappa shape index (κ3) is 3.00. The number of carbonyl (C=O) groups is 1. The van der Waals surface area contributed by atoms with Crippen molar-refractivity contribution in [2.45, 2.75) is 46.1 Å². The number of β-amino-alcohol motifs (C(OH)–C–C–N with tert-alkyl or cyclic N) is 1. The molecule has 0 radical (unpaired) electrons. The van der Waals surface area contributed by atoms with Gasteiger partial charge in [0.2, 0.25) is 0 Å². The number of aryl methyl sites for hydroxylation is 1. The maximum atomic E-state index is 12.7. The molecule has 6 nitrogen and oxygen atoms in total. The molecule has 1 aliphatic heterocycles. The van der Waals surface area contributed by atoms with Crippen LogP contribution in [0.5, 0.6) is 0 Å². The fraction of sp³-hybridized carbons (Fsp3) is 0.667. The molecule has 0 spiro atoms. The molecule has 1 aromatic heterocycles. The monoisotopic (exact) mass is 293 g/mol. The molecule has 1 saturated heterocycles. The maximum absolute atomic E-state index is 12.7. The summed E-state index contributed by atoms with van der Waals surface area (Å²) in [6, 6.07) is 0. The zero-order valence-corrected chi connectivity index (χ0v) is 12.8. The molecule has 6 heteroatoms. The van der Waals surface area contributed by atoms with Crippen molar-refractivity contribution in [1.82, 2.24) is 15.1 Å². The van der Waals surface area contributed by atoms with Crippen LogP contribution in [-0.2, 0) is 12.8 Å². The molecule has 2 unspecified atom stereocenters. The topological polar surface area (TPSA) is 86.3 Å². The molecular formula is C15H23N3O3. The Bertz CT molecular complexity index is 582. The summed E-state index contributed by atoms with van der Waals surface area (Å²) >= 11 is 0. The van der Waals surface area contributed by atoms with E-state index in [1.807, 2.05) is 20.8 Å². The predicted octanol–water partition coefficient (Wildman–Crippen LogP) is 0.738. The molecule has 116 valence electrons. The Hall–Kier alpha value is -1.69. The number of aromatic nitrogens is 2. The van der Waals surface area contributed by atoms with E-state index in [0.29, 0.717) is 19.4 Å². The van der Waals surface area contributed by atoms with Gasteiger partial charge in [-0.3, -0.25) is 9.59 Å². The molecular weight excluding hydrogens is 270 g/mol. The number of likely N-dealkylation sites (tertiary alicyclic amines) is 1. The van der Waals surface area contributed by atoms with Gasteiger partial charge in [0.05, 0.1) is 11.8 Å². The smallest absolute Gasteiger partial charge is 0.277 e. The zero-order chi connectivity index (χ0) is 15.6.